The third-order valence-electron chi connectivity index (χ3n) is 4.40. The molecule has 1 aliphatic rings. The van der Waals surface area contributed by atoms with Gasteiger partial charge in [-0.2, -0.15) is 0 Å². The minimum Gasteiger partial charge on any atom is -0.364 e. The SMILES string of the molecule is CS(=O)(=O)Nc1ccccc1C(=O)NCC1CNCCN1c1ccccc1. The van der Waals surface area contributed by atoms with Gasteiger partial charge in [0, 0.05) is 31.9 Å². The summed E-state index contributed by atoms with van der Waals surface area (Å²) in [6.45, 7) is 2.96. The zero-order valence-electron chi connectivity index (χ0n) is 15.2. The lowest BCUT2D eigenvalue weighted by Crippen LogP contribution is -2.56. The first-order chi connectivity index (χ1) is 12.9. The summed E-state index contributed by atoms with van der Waals surface area (Å²) in [6.07, 6.45) is 1.06. The number of para-hydroxylation sites is 2. The lowest BCUT2D eigenvalue weighted by atomic mass is 10.1. The molecule has 0 bridgehead atoms. The van der Waals surface area contributed by atoms with Crippen LogP contribution in [0.1, 0.15) is 10.4 Å². The molecule has 27 heavy (non-hydrogen) atoms. The molecule has 1 aliphatic heterocycles. The third kappa shape index (κ3) is 5.21. The molecular formula is C19H24N4O3S. The van der Waals surface area contributed by atoms with Gasteiger partial charge in [0.1, 0.15) is 0 Å². The Labute approximate surface area is 159 Å². The zero-order chi connectivity index (χ0) is 19.3. The average molecular weight is 388 g/mol. The largest absolute Gasteiger partial charge is 0.364 e. The topological polar surface area (TPSA) is 90.5 Å². The number of anilines is 2. The van der Waals surface area contributed by atoms with E-state index in [0.717, 1.165) is 31.6 Å². The maximum atomic E-state index is 12.7. The molecule has 1 unspecified atom stereocenters. The second kappa shape index (κ2) is 8.41. The normalized spacial score (nSPS) is 17.4. The van der Waals surface area contributed by atoms with Crippen molar-refractivity contribution < 1.29 is 13.2 Å². The van der Waals surface area contributed by atoms with E-state index in [4.69, 9.17) is 0 Å². The van der Waals surface area contributed by atoms with Crippen LogP contribution >= 0.6 is 0 Å². The minimum absolute atomic E-state index is 0.111. The fourth-order valence-corrected chi connectivity index (χ4v) is 3.76. The summed E-state index contributed by atoms with van der Waals surface area (Å²) in [7, 11) is -3.46. The Morgan fingerprint density at radius 3 is 2.59 bits per heavy atom. The average Bonchev–Trinajstić information content (AvgIpc) is 2.66. The molecule has 1 fully saturated rings. The highest BCUT2D eigenvalue weighted by Crippen LogP contribution is 2.19. The van der Waals surface area contributed by atoms with Gasteiger partial charge in [0.25, 0.3) is 5.91 Å². The molecule has 0 spiro atoms. The quantitative estimate of drug-likeness (QED) is 0.693. The maximum absolute atomic E-state index is 12.7. The molecule has 0 aromatic heterocycles. The monoisotopic (exact) mass is 388 g/mol. The predicted molar refractivity (Wildman–Crippen MR) is 108 cm³/mol. The first-order valence-electron chi connectivity index (χ1n) is 8.81. The van der Waals surface area contributed by atoms with Crippen LogP contribution in [0.2, 0.25) is 0 Å². The third-order valence-corrected chi connectivity index (χ3v) is 4.99. The Bertz CT molecular complexity index is 887. The highest BCUT2D eigenvalue weighted by Gasteiger charge is 2.23. The van der Waals surface area contributed by atoms with Crippen molar-refractivity contribution in [3.8, 4) is 0 Å². The summed E-state index contributed by atoms with van der Waals surface area (Å²) in [4.78, 5) is 14.9. The van der Waals surface area contributed by atoms with Crippen molar-refractivity contribution in [2.75, 3.05) is 42.1 Å². The molecule has 0 saturated carbocycles. The molecule has 1 atom stereocenters. The Balaban J connectivity index is 1.70. The molecule has 1 heterocycles. The van der Waals surface area contributed by atoms with Gasteiger partial charge in [0.05, 0.1) is 23.5 Å². The van der Waals surface area contributed by atoms with Crippen LogP contribution in [0.5, 0.6) is 0 Å². The van der Waals surface area contributed by atoms with E-state index in [1.165, 1.54) is 0 Å². The lowest BCUT2D eigenvalue weighted by Gasteiger charge is -2.38. The number of rotatable bonds is 6. The lowest BCUT2D eigenvalue weighted by molar-refractivity contribution is 0.0951. The number of hydrogen-bond acceptors (Lipinski definition) is 5. The molecule has 7 nitrogen and oxygen atoms in total. The fourth-order valence-electron chi connectivity index (χ4n) is 3.18. The van der Waals surface area contributed by atoms with E-state index in [9.17, 15) is 13.2 Å². The van der Waals surface area contributed by atoms with E-state index >= 15 is 0 Å². The molecule has 1 saturated heterocycles. The van der Waals surface area contributed by atoms with Crippen molar-refractivity contribution in [1.82, 2.24) is 10.6 Å². The second-order valence-corrected chi connectivity index (χ2v) is 8.27. The maximum Gasteiger partial charge on any atom is 0.253 e. The smallest absolute Gasteiger partial charge is 0.253 e. The Kier molecular flexibility index (Phi) is 5.98. The molecule has 1 amide bonds. The number of nitrogens with zero attached hydrogens (tertiary/aromatic N) is 1. The van der Waals surface area contributed by atoms with Gasteiger partial charge in [-0.05, 0) is 24.3 Å². The van der Waals surface area contributed by atoms with E-state index in [1.54, 1.807) is 24.3 Å². The van der Waals surface area contributed by atoms with Crippen LogP contribution in [-0.2, 0) is 10.0 Å². The van der Waals surface area contributed by atoms with Crippen molar-refractivity contribution in [2.45, 2.75) is 6.04 Å². The van der Waals surface area contributed by atoms with Gasteiger partial charge in [0.2, 0.25) is 10.0 Å². The van der Waals surface area contributed by atoms with Gasteiger partial charge >= 0.3 is 0 Å². The fraction of sp³-hybridized carbons (Fsp3) is 0.316. The standard InChI is InChI=1S/C19H24N4O3S/c1-27(25,26)22-18-10-6-5-9-17(18)19(24)21-14-16-13-20-11-12-23(16)15-7-3-2-4-8-15/h2-10,16,20,22H,11-14H2,1H3,(H,21,24). The summed E-state index contributed by atoms with van der Waals surface area (Å²) in [5.74, 6) is -0.305. The number of carbonyl (C=O) groups excluding carboxylic acids is 1. The minimum atomic E-state index is -3.46. The number of amides is 1. The molecule has 0 radical (unpaired) electrons. The Morgan fingerprint density at radius 1 is 1.15 bits per heavy atom. The molecule has 3 N–H and O–H groups in total. The Hall–Kier alpha value is -2.58. The van der Waals surface area contributed by atoms with E-state index in [0.29, 0.717) is 12.1 Å². The highest BCUT2D eigenvalue weighted by atomic mass is 32.2. The van der Waals surface area contributed by atoms with Crippen molar-refractivity contribution in [2.24, 2.45) is 0 Å². The number of benzene rings is 2. The predicted octanol–water partition coefficient (Wildman–Crippen LogP) is 1.27. The van der Waals surface area contributed by atoms with Gasteiger partial charge in [-0.3, -0.25) is 9.52 Å². The van der Waals surface area contributed by atoms with Crippen LogP contribution in [0.3, 0.4) is 0 Å². The van der Waals surface area contributed by atoms with Gasteiger partial charge in [-0.15, -0.1) is 0 Å². The molecule has 3 rings (SSSR count). The molecule has 2 aromatic carbocycles. The number of carbonyl (C=O) groups is 1. The zero-order valence-corrected chi connectivity index (χ0v) is 16.0. The molecule has 144 valence electrons. The van der Waals surface area contributed by atoms with Crippen LogP contribution in [0.4, 0.5) is 11.4 Å². The van der Waals surface area contributed by atoms with Crippen molar-refractivity contribution in [3.05, 3.63) is 60.2 Å². The summed E-state index contributed by atoms with van der Waals surface area (Å²) in [5, 5.41) is 6.30. The summed E-state index contributed by atoms with van der Waals surface area (Å²) in [5.41, 5.74) is 1.70. The van der Waals surface area contributed by atoms with Crippen molar-refractivity contribution in [3.63, 3.8) is 0 Å². The number of hydrogen-bond donors (Lipinski definition) is 3. The molecule has 0 aliphatic carbocycles. The van der Waals surface area contributed by atoms with E-state index in [-0.39, 0.29) is 17.6 Å². The van der Waals surface area contributed by atoms with Crippen LogP contribution in [0.25, 0.3) is 0 Å². The summed E-state index contributed by atoms with van der Waals surface area (Å²) in [6, 6.07) is 16.8. The molecular weight excluding hydrogens is 364 g/mol. The first kappa shape index (κ1) is 19.2. The molecule has 2 aromatic rings. The summed E-state index contributed by atoms with van der Waals surface area (Å²) < 4.78 is 25.4. The van der Waals surface area contributed by atoms with Crippen LogP contribution < -0.4 is 20.3 Å². The number of sulfonamides is 1. The van der Waals surface area contributed by atoms with Crippen molar-refractivity contribution in [1.29, 1.82) is 0 Å². The van der Waals surface area contributed by atoms with Gasteiger partial charge in [-0.25, -0.2) is 8.42 Å². The van der Waals surface area contributed by atoms with E-state index in [2.05, 4.69) is 32.4 Å². The van der Waals surface area contributed by atoms with E-state index < -0.39 is 10.0 Å². The number of nitrogens with one attached hydrogen (secondary N) is 3. The van der Waals surface area contributed by atoms with Gasteiger partial charge in [0.15, 0.2) is 0 Å². The van der Waals surface area contributed by atoms with Crippen LogP contribution in [0.15, 0.2) is 54.6 Å². The Morgan fingerprint density at radius 2 is 1.85 bits per heavy atom. The highest BCUT2D eigenvalue weighted by molar-refractivity contribution is 7.92. The van der Waals surface area contributed by atoms with Crippen LogP contribution in [-0.4, -0.2) is 52.8 Å². The summed E-state index contributed by atoms with van der Waals surface area (Å²) >= 11 is 0. The second-order valence-electron chi connectivity index (χ2n) is 6.52. The first-order valence-corrected chi connectivity index (χ1v) is 10.7. The van der Waals surface area contributed by atoms with Crippen LogP contribution in [0, 0.1) is 0 Å². The number of piperazine rings is 1. The van der Waals surface area contributed by atoms with Gasteiger partial charge in [-0.1, -0.05) is 30.3 Å². The van der Waals surface area contributed by atoms with E-state index in [1.807, 2.05) is 18.2 Å². The van der Waals surface area contributed by atoms with Crippen molar-refractivity contribution >= 4 is 27.3 Å². The van der Waals surface area contributed by atoms with Gasteiger partial charge < -0.3 is 15.5 Å². The molecule has 8 heteroatoms.